The van der Waals surface area contributed by atoms with Gasteiger partial charge in [0, 0.05) is 11.9 Å². The number of benzene rings is 2. The maximum atomic E-state index is 12.7. The number of sulfone groups is 1. The van der Waals surface area contributed by atoms with Crippen LogP contribution in [-0.2, 0) is 16.3 Å². The molecule has 1 aromatic heterocycles. The Morgan fingerprint density at radius 1 is 1.00 bits per heavy atom. The molecule has 1 heterocycles. The Bertz CT molecular complexity index is 1060. The molecule has 3 rings (SSSR count). The standard InChI is InChI=1S/C21H20N2O4S/c1-3-15-4-7-17(8-5-15)23-21(24)16-6-13-20(22-14-16)28(25,26)19-11-9-18(27-2)10-12-19/h4-14H,3H2,1-2H3,(H,23,24). The van der Waals surface area contributed by atoms with Crippen molar-refractivity contribution in [2.45, 2.75) is 23.3 Å². The summed E-state index contributed by atoms with van der Waals surface area (Å²) in [5.41, 5.74) is 2.11. The first-order valence-corrected chi connectivity index (χ1v) is 10.2. The van der Waals surface area contributed by atoms with Crippen LogP contribution in [0.15, 0.2) is 76.8 Å². The SMILES string of the molecule is CCc1ccc(NC(=O)c2ccc(S(=O)(=O)c3ccc(OC)cc3)nc2)cc1. The number of nitrogens with one attached hydrogen (secondary N) is 1. The molecule has 0 saturated carbocycles. The molecule has 7 heteroatoms. The van der Waals surface area contributed by atoms with Gasteiger partial charge in [-0.3, -0.25) is 4.79 Å². The van der Waals surface area contributed by atoms with Crippen molar-refractivity contribution in [3.05, 3.63) is 78.0 Å². The molecule has 0 radical (unpaired) electrons. The lowest BCUT2D eigenvalue weighted by atomic mass is 10.1. The van der Waals surface area contributed by atoms with Crippen LogP contribution in [0.25, 0.3) is 0 Å². The Hall–Kier alpha value is -3.19. The molecule has 0 saturated heterocycles. The monoisotopic (exact) mass is 396 g/mol. The van der Waals surface area contributed by atoms with Gasteiger partial charge in [0.25, 0.3) is 5.91 Å². The van der Waals surface area contributed by atoms with E-state index in [1.807, 2.05) is 24.3 Å². The summed E-state index contributed by atoms with van der Waals surface area (Å²) in [5.74, 6) is 0.205. The van der Waals surface area contributed by atoms with Gasteiger partial charge in [0.2, 0.25) is 9.84 Å². The number of aryl methyl sites for hydroxylation is 1. The topological polar surface area (TPSA) is 85.4 Å². The molecule has 0 spiro atoms. The van der Waals surface area contributed by atoms with Crippen LogP contribution in [0.2, 0.25) is 0 Å². The number of carbonyl (C=O) groups excluding carboxylic acids is 1. The first-order chi connectivity index (χ1) is 13.4. The molecule has 6 nitrogen and oxygen atoms in total. The number of hydrogen-bond donors (Lipinski definition) is 1. The van der Waals surface area contributed by atoms with E-state index >= 15 is 0 Å². The first-order valence-electron chi connectivity index (χ1n) is 8.69. The van der Waals surface area contributed by atoms with Crippen molar-refractivity contribution in [2.75, 3.05) is 12.4 Å². The predicted octanol–water partition coefficient (Wildman–Crippen LogP) is 3.74. The van der Waals surface area contributed by atoms with Crippen LogP contribution in [0.4, 0.5) is 5.69 Å². The van der Waals surface area contributed by atoms with E-state index in [1.54, 1.807) is 12.1 Å². The summed E-state index contributed by atoms with van der Waals surface area (Å²) >= 11 is 0. The van der Waals surface area contributed by atoms with Gasteiger partial charge in [0.1, 0.15) is 5.75 Å². The lowest BCUT2D eigenvalue weighted by Gasteiger charge is -2.08. The van der Waals surface area contributed by atoms with Crippen molar-refractivity contribution in [3.63, 3.8) is 0 Å². The van der Waals surface area contributed by atoms with E-state index in [2.05, 4.69) is 17.2 Å². The lowest BCUT2D eigenvalue weighted by molar-refractivity contribution is 0.102. The third-order valence-corrected chi connectivity index (χ3v) is 5.95. The molecule has 0 fully saturated rings. The quantitative estimate of drug-likeness (QED) is 0.686. The highest BCUT2D eigenvalue weighted by atomic mass is 32.2. The van der Waals surface area contributed by atoms with Gasteiger partial charge < -0.3 is 10.1 Å². The first kappa shape index (κ1) is 19.6. The largest absolute Gasteiger partial charge is 0.497 e. The van der Waals surface area contributed by atoms with Crippen molar-refractivity contribution in [1.29, 1.82) is 0 Å². The minimum absolute atomic E-state index is 0.106. The Kier molecular flexibility index (Phi) is 5.75. The van der Waals surface area contributed by atoms with Crippen LogP contribution >= 0.6 is 0 Å². The van der Waals surface area contributed by atoms with Crippen molar-refractivity contribution < 1.29 is 17.9 Å². The van der Waals surface area contributed by atoms with Gasteiger partial charge in [0.15, 0.2) is 5.03 Å². The molecule has 0 aliphatic rings. The minimum atomic E-state index is -3.77. The van der Waals surface area contributed by atoms with Crippen molar-refractivity contribution in [2.24, 2.45) is 0 Å². The third kappa shape index (κ3) is 4.20. The van der Waals surface area contributed by atoms with Crippen molar-refractivity contribution in [3.8, 4) is 5.75 Å². The summed E-state index contributed by atoms with van der Waals surface area (Å²) in [4.78, 5) is 16.4. The number of hydrogen-bond acceptors (Lipinski definition) is 5. The molecule has 0 aliphatic heterocycles. The summed E-state index contributed by atoms with van der Waals surface area (Å²) < 4.78 is 30.4. The number of methoxy groups -OCH3 is 1. The normalized spacial score (nSPS) is 11.1. The molecular formula is C21H20N2O4S. The molecule has 0 bridgehead atoms. The van der Waals surface area contributed by atoms with Gasteiger partial charge in [-0.1, -0.05) is 19.1 Å². The summed E-state index contributed by atoms with van der Waals surface area (Å²) in [6, 6.07) is 16.4. The number of anilines is 1. The van der Waals surface area contributed by atoms with E-state index in [4.69, 9.17) is 4.74 Å². The van der Waals surface area contributed by atoms with Crippen LogP contribution in [-0.4, -0.2) is 26.4 Å². The average molecular weight is 396 g/mol. The van der Waals surface area contributed by atoms with Gasteiger partial charge in [-0.2, -0.15) is 0 Å². The van der Waals surface area contributed by atoms with Crippen LogP contribution < -0.4 is 10.1 Å². The Morgan fingerprint density at radius 2 is 1.68 bits per heavy atom. The number of aromatic nitrogens is 1. The summed E-state index contributed by atoms with van der Waals surface area (Å²) in [6.07, 6.45) is 2.18. The number of amides is 1. The molecular weight excluding hydrogens is 376 g/mol. The highest BCUT2D eigenvalue weighted by Gasteiger charge is 2.20. The number of ether oxygens (including phenoxy) is 1. The zero-order valence-electron chi connectivity index (χ0n) is 15.5. The Morgan fingerprint density at radius 3 is 2.21 bits per heavy atom. The fraction of sp³-hybridized carbons (Fsp3) is 0.143. The lowest BCUT2D eigenvalue weighted by Crippen LogP contribution is -2.13. The molecule has 3 aromatic rings. The molecule has 1 N–H and O–H groups in total. The van der Waals surface area contributed by atoms with E-state index in [9.17, 15) is 13.2 Å². The number of rotatable bonds is 6. The van der Waals surface area contributed by atoms with Gasteiger partial charge in [0.05, 0.1) is 17.6 Å². The molecule has 1 amide bonds. The van der Waals surface area contributed by atoms with E-state index in [0.29, 0.717) is 11.4 Å². The highest BCUT2D eigenvalue weighted by Crippen LogP contribution is 2.22. The third-order valence-electron chi connectivity index (χ3n) is 4.26. The summed E-state index contributed by atoms with van der Waals surface area (Å²) in [6.45, 7) is 2.06. The second-order valence-electron chi connectivity index (χ2n) is 6.07. The van der Waals surface area contributed by atoms with Crippen LogP contribution in [0, 0.1) is 0 Å². The molecule has 144 valence electrons. The fourth-order valence-corrected chi connectivity index (χ4v) is 3.75. The summed E-state index contributed by atoms with van der Waals surface area (Å²) in [5, 5.41) is 2.65. The number of pyridine rings is 1. The molecule has 2 aromatic carbocycles. The molecule has 0 atom stereocenters. The van der Waals surface area contributed by atoms with Gasteiger partial charge in [-0.15, -0.1) is 0 Å². The van der Waals surface area contributed by atoms with E-state index < -0.39 is 9.84 Å². The second-order valence-corrected chi connectivity index (χ2v) is 7.97. The van der Waals surface area contributed by atoms with E-state index in [-0.39, 0.29) is 21.4 Å². The zero-order chi connectivity index (χ0) is 20.1. The van der Waals surface area contributed by atoms with Crippen LogP contribution in [0.3, 0.4) is 0 Å². The number of carbonyl (C=O) groups is 1. The maximum Gasteiger partial charge on any atom is 0.257 e. The van der Waals surface area contributed by atoms with E-state index in [0.717, 1.165) is 6.42 Å². The van der Waals surface area contributed by atoms with Gasteiger partial charge in [-0.25, -0.2) is 13.4 Å². The Labute approximate surface area is 164 Å². The average Bonchev–Trinajstić information content (AvgIpc) is 2.74. The number of nitrogens with zero attached hydrogens (tertiary/aromatic N) is 1. The predicted molar refractivity (Wildman–Crippen MR) is 106 cm³/mol. The van der Waals surface area contributed by atoms with Crippen molar-refractivity contribution in [1.82, 2.24) is 4.98 Å². The molecule has 0 unspecified atom stereocenters. The molecule has 28 heavy (non-hydrogen) atoms. The van der Waals surface area contributed by atoms with Crippen molar-refractivity contribution >= 4 is 21.4 Å². The van der Waals surface area contributed by atoms with Gasteiger partial charge >= 0.3 is 0 Å². The van der Waals surface area contributed by atoms with Crippen LogP contribution in [0.1, 0.15) is 22.8 Å². The highest BCUT2D eigenvalue weighted by molar-refractivity contribution is 7.91. The van der Waals surface area contributed by atoms with Gasteiger partial charge in [-0.05, 0) is 60.5 Å². The maximum absolute atomic E-state index is 12.7. The zero-order valence-corrected chi connectivity index (χ0v) is 16.4. The minimum Gasteiger partial charge on any atom is -0.497 e. The summed E-state index contributed by atoms with van der Waals surface area (Å²) in [7, 11) is -2.26. The second kappa shape index (κ2) is 8.22. The fourth-order valence-electron chi connectivity index (χ4n) is 2.58. The smallest absolute Gasteiger partial charge is 0.257 e. The Balaban J connectivity index is 1.76. The molecule has 0 aliphatic carbocycles. The van der Waals surface area contributed by atoms with Crippen LogP contribution in [0.5, 0.6) is 5.75 Å². The van der Waals surface area contributed by atoms with E-state index in [1.165, 1.54) is 43.1 Å².